The van der Waals surface area contributed by atoms with Gasteiger partial charge in [-0.3, -0.25) is 9.59 Å². The van der Waals surface area contributed by atoms with Crippen LogP contribution in [0, 0.1) is 0 Å². The number of aliphatic carboxylic acids is 2. The molecule has 37 heavy (non-hydrogen) atoms. The number of carbonyl (C=O) groups is 2. The van der Waals surface area contributed by atoms with Crippen LogP contribution in [0.25, 0.3) is 0 Å². The van der Waals surface area contributed by atoms with Crippen molar-refractivity contribution in [3.8, 4) is 0 Å². The Morgan fingerprint density at radius 1 is 0.703 bits per heavy atom. The molecule has 0 radical (unpaired) electrons. The number of fused-ring (bicyclic) bond motifs is 2. The molecule has 0 aromatic heterocycles. The Bertz CT molecular complexity index is 1270. The zero-order chi connectivity index (χ0) is 26.7. The fourth-order valence-corrected chi connectivity index (χ4v) is 5.26. The van der Waals surface area contributed by atoms with Gasteiger partial charge in [-0.25, -0.2) is 26.9 Å². The topological polar surface area (TPSA) is 205 Å². The first-order chi connectivity index (χ1) is 16.7. The lowest BCUT2D eigenvalue weighted by molar-refractivity contribution is -0.137. The van der Waals surface area contributed by atoms with Crippen molar-refractivity contribution in [1.29, 1.82) is 0 Å². The molecule has 2 aromatic rings. The number of carboxylic acid groups (broad SMARTS) is 2. The molecule has 13 nitrogen and oxygen atoms in total. The van der Waals surface area contributed by atoms with Crippen LogP contribution < -0.4 is 9.66 Å². The van der Waals surface area contributed by atoms with Crippen LogP contribution in [0.15, 0.2) is 36.4 Å². The molecule has 2 heterocycles. The van der Waals surface area contributed by atoms with Crippen LogP contribution in [0.5, 0.6) is 0 Å². The number of rotatable bonds is 8. The van der Waals surface area contributed by atoms with Crippen LogP contribution in [0.2, 0.25) is 0 Å². The van der Waals surface area contributed by atoms with E-state index in [-0.39, 0.29) is 18.3 Å². The molecular weight excluding hydrogens is 528 g/mol. The van der Waals surface area contributed by atoms with Gasteiger partial charge in [0.15, 0.2) is 0 Å². The predicted octanol–water partition coefficient (Wildman–Crippen LogP) is -0.638. The standard InChI is InChI=1S/2C11H14N2O4S.H2O/c2*1-18(16,17)12-13-6-9-3-2-8(5-11(14)15)4-10(9)7-13;/h2*2-4,12H,5-7H2,1H3,(H,14,15);1H2. The quantitative estimate of drug-likeness (QED) is 0.322. The molecular formula is C22H30N4O9S2. The lowest BCUT2D eigenvalue weighted by Crippen LogP contribution is -2.37. The Morgan fingerprint density at radius 2 is 1.03 bits per heavy atom. The number of carboxylic acids is 2. The van der Waals surface area contributed by atoms with E-state index < -0.39 is 32.0 Å². The summed E-state index contributed by atoms with van der Waals surface area (Å²) in [4.78, 5) is 26.1. The largest absolute Gasteiger partial charge is 0.481 e. The summed E-state index contributed by atoms with van der Waals surface area (Å²) in [5, 5.41) is 20.6. The number of hydrogen-bond donors (Lipinski definition) is 4. The molecule has 0 spiro atoms. The second-order valence-electron chi connectivity index (χ2n) is 8.79. The third-order valence-electron chi connectivity index (χ3n) is 5.29. The van der Waals surface area contributed by atoms with Crippen molar-refractivity contribution < 1.29 is 42.1 Å². The van der Waals surface area contributed by atoms with E-state index in [0.29, 0.717) is 26.2 Å². The Morgan fingerprint density at radius 3 is 1.32 bits per heavy atom. The lowest BCUT2D eigenvalue weighted by Gasteiger charge is -2.13. The number of hydrogen-bond acceptors (Lipinski definition) is 8. The number of nitrogens with zero attached hydrogens (tertiary/aromatic N) is 2. The van der Waals surface area contributed by atoms with Crippen LogP contribution in [-0.2, 0) is 68.7 Å². The Hall–Kier alpha value is -2.92. The predicted molar refractivity (Wildman–Crippen MR) is 134 cm³/mol. The Kier molecular flexibility index (Phi) is 9.90. The maximum Gasteiger partial charge on any atom is 0.307 e. The van der Waals surface area contributed by atoms with E-state index in [1.807, 2.05) is 24.3 Å². The van der Waals surface area contributed by atoms with Crippen molar-refractivity contribution in [1.82, 2.24) is 19.7 Å². The van der Waals surface area contributed by atoms with Gasteiger partial charge in [0.25, 0.3) is 0 Å². The molecule has 0 atom stereocenters. The van der Waals surface area contributed by atoms with Gasteiger partial charge in [0.05, 0.1) is 25.4 Å². The highest BCUT2D eigenvalue weighted by Gasteiger charge is 2.22. The fraction of sp³-hybridized carbons (Fsp3) is 0.364. The van der Waals surface area contributed by atoms with E-state index in [1.54, 1.807) is 22.2 Å². The van der Waals surface area contributed by atoms with Crippen molar-refractivity contribution in [3.63, 3.8) is 0 Å². The number of nitrogens with one attached hydrogen (secondary N) is 2. The average Bonchev–Trinajstić information content (AvgIpc) is 3.26. The monoisotopic (exact) mass is 558 g/mol. The smallest absolute Gasteiger partial charge is 0.307 e. The third-order valence-corrected chi connectivity index (χ3v) is 6.47. The van der Waals surface area contributed by atoms with Gasteiger partial charge in [-0.05, 0) is 33.4 Å². The van der Waals surface area contributed by atoms with Gasteiger partial charge in [-0.2, -0.15) is 0 Å². The van der Waals surface area contributed by atoms with Crippen molar-refractivity contribution in [2.45, 2.75) is 39.0 Å². The highest BCUT2D eigenvalue weighted by molar-refractivity contribution is 7.88. The van der Waals surface area contributed by atoms with E-state index in [4.69, 9.17) is 10.2 Å². The van der Waals surface area contributed by atoms with Gasteiger partial charge in [0.1, 0.15) is 0 Å². The minimum absolute atomic E-state index is 0. The Balaban J connectivity index is 0.000000253. The molecule has 0 saturated heterocycles. The molecule has 2 aliphatic rings. The summed E-state index contributed by atoms with van der Waals surface area (Å²) < 4.78 is 44.5. The van der Waals surface area contributed by atoms with Crippen molar-refractivity contribution in [3.05, 3.63) is 69.8 Å². The van der Waals surface area contributed by atoms with Gasteiger partial charge in [0.2, 0.25) is 20.0 Å². The summed E-state index contributed by atoms with van der Waals surface area (Å²) in [6.07, 6.45) is 2.16. The molecule has 2 aliphatic heterocycles. The molecule has 2 aromatic carbocycles. The molecule has 204 valence electrons. The highest BCUT2D eigenvalue weighted by Crippen LogP contribution is 2.24. The fourth-order valence-electron chi connectivity index (χ4n) is 4.06. The van der Waals surface area contributed by atoms with E-state index in [0.717, 1.165) is 45.9 Å². The van der Waals surface area contributed by atoms with Gasteiger partial charge in [-0.15, -0.1) is 9.66 Å². The first-order valence-corrected chi connectivity index (χ1v) is 14.5. The van der Waals surface area contributed by atoms with Crippen LogP contribution in [0.3, 0.4) is 0 Å². The van der Waals surface area contributed by atoms with Crippen LogP contribution >= 0.6 is 0 Å². The molecule has 4 rings (SSSR count). The summed E-state index contributed by atoms with van der Waals surface area (Å²) in [6, 6.07) is 10.8. The number of hydrazine groups is 2. The van der Waals surface area contributed by atoms with E-state index in [9.17, 15) is 26.4 Å². The van der Waals surface area contributed by atoms with Gasteiger partial charge < -0.3 is 15.7 Å². The maximum atomic E-state index is 11.1. The molecule has 0 amide bonds. The zero-order valence-corrected chi connectivity index (χ0v) is 21.9. The number of sulfonamides is 2. The summed E-state index contributed by atoms with van der Waals surface area (Å²) >= 11 is 0. The van der Waals surface area contributed by atoms with Gasteiger partial charge in [-0.1, -0.05) is 36.4 Å². The molecule has 0 fully saturated rings. The molecule has 6 N–H and O–H groups in total. The summed E-state index contributed by atoms with van der Waals surface area (Å²) in [7, 11) is -6.55. The zero-order valence-electron chi connectivity index (χ0n) is 20.3. The molecule has 0 saturated carbocycles. The average molecular weight is 559 g/mol. The summed E-state index contributed by atoms with van der Waals surface area (Å²) in [5.41, 5.74) is 5.40. The van der Waals surface area contributed by atoms with E-state index in [1.165, 1.54) is 0 Å². The van der Waals surface area contributed by atoms with Crippen LogP contribution in [-0.4, -0.2) is 67.0 Å². The third kappa shape index (κ3) is 9.81. The van der Waals surface area contributed by atoms with Crippen LogP contribution in [0.4, 0.5) is 0 Å². The van der Waals surface area contributed by atoms with Crippen LogP contribution in [0.1, 0.15) is 33.4 Å². The van der Waals surface area contributed by atoms with E-state index in [2.05, 4.69) is 9.66 Å². The van der Waals surface area contributed by atoms with Crippen molar-refractivity contribution in [2.24, 2.45) is 0 Å². The first kappa shape index (κ1) is 30.3. The minimum atomic E-state index is -3.27. The van der Waals surface area contributed by atoms with Crippen molar-refractivity contribution in [2.75, 3.05) is 12.5 Å². The molecule has 0 unspecified atom stereocenters. The summed E-state index contributed by atoms with van der Waals surface area (Å²) in [5.74, 6) is -1.75. The maximum absolute atomic E-state index is 11.1. The summed E-state index contributed by atoms with van der Waals surface area (Å²) in [6.45, 7) is 1.90. The lowest BCUT2D eigenvalue weighted by atomic mass is 10.0. The Labute approximate surface area is 215 Å². The number of benzene rings is 2. The van der Waals surface area contributed by atoms with E-state index >= 15 is 0 Å². The molecule has 0 bridgehead atoms. The SMILES string of the molecule is CS(=O)(=O)NN1Cc2ccc(CC(=O)O)cc2C1.CS(=O)(=O)NN1Cc2ccc(CC(=O)O)cc2C1.O. The molecule has 0 aliphatic carbocycles. The normalized spacial score (nSPS) is 15.2. The van der Waals surface area contributed by atoms with Gasteiger partial charge in [0, 0.05) is 26.2 Å². The molecule has 15 heteroatoms. The second-order valence-corrected chi connectivity index (χ2v) is 12.2. The highest BCUT2D eigenvalue weighted by atomic mass is 32.2. The van der Waals surface area contributed by atoms with Gasteiger partial charge >= 0.3 is 11.9 Å². The first-order valence-electron chi connectivity index (χ1n) is 10.8. The van der Waals surface area contributed by atoms with Crippen molar-refractivity contribution >= 4 is 32.0 Å². The minimum Gasteiger partial charge on any atom is -0.481 e. The second kappa shape index (κ2) is 12.1.